The number of benzene rings is 1. The van der Waals surface area contributed by atoms with Gasteiger partial charge in [0, 0.05) is 22.7 Å². The maximum Gasteiger partial charge on any atom is 0.213 e. The standard InChI is InChI=1S/C13H14ClN3OS/c1-2-9-6-17-12(18-9)7-16-11-5-8(14)3-4-10(11)13(15)19/h3-6,16H,2,7H2,1H3,(H2,15,19). The highest BCUT2D eigenvalue weighted by atomic mass is 35.5. The number of rotatable bonds is 5. The van der Waals surface area contributed by atoms with Crippen LogP contribution in [0.2, 0.25) is 5.02 Å². The molecule has 1 heterocycles. The van der Waals surface area contributed by atoms with Crippen LogP contribution >= 0.6 is 23.8 Å². The highest BCUT2D eigenvalue weighted by Gasteiger charge is 2.08. The summed E-state index contributed by atoms with van der Waals surface area (Å²) in [5, 5.41) is 3.80. The average Bonchev–Trinajstić information content (AvgIpc) is 2.84. The van der Waals surface area contributed by atoms with E-state index in [9.17, 15) is 0 Å². The van der Waals surface area contributed by atoms with Crippen molar-refractivity contribution in [1.29, 1.82) is 0 Å². The second-order valence-corrected chi connectivity index (χ2v) is 4.86. The third-order valence-corrected chi connectivity index (χ3v) is 3.08. The van der Waals surface area contributed by atoms with Crippen LogP contribution < -0.4 is 11.1 Å². The molecule has 1 aromatic carbocycles. The number of oxazole rings is 1. The fourth-order valence-electron chi connectivity index (χ4n) is 1.64. The van der Waals surface area contributed by atoms with Gasteiger partial charge in [-0.05, 0) is 18.2 Å². The van der Waals surface area contributed by atoms with E-state index in [0.29, 0.717) is 22.4 Å². The lowest BCUT2D eigenvalue weighted by Gasteiger charge is -2.10. The molecule has 0 unspecified atom stereocenters. The third kappa shape index (κ3) is 3.45. The molecule has 19 heavy (non-hydrogen) atoms. The first-order chi connectivity index (χ1) is 9.10. The highest BCUT2D eigenvalue weighted by Crippen LogP contribution is 2.21. The topological polar surface area (TPSA) is 64.1 Å². The summed E-state index contributed by atoms with van der Waals surface area (Å²) >= 11 is 11.0. The van der Waals surface area contributed by atoms with Crippen LogP contribution in [0.15, 0.2) is 28.8 Å². The minimum atomic E-state index is 0.320. The van der Waals surface area contributed by atoms with E-state index >= 15 is 0 Å². The van der Waals surface area contributed by atoms with Gasteiger partial charge in [-0.25, -0.2) is 4.98 Å². The van der Waals surface area contributed by atoms with Gasteiger partial charge in [0.15, 0.2) is 0 Å². The summed E-state index contributed by atoms with van der Waals surface area (Å²) in [6.07, 6.45) is 2.55. The van der Waals surface area contributed by atoms with Gasteiger partial charge in [0.2, 0.25) is 5.89 Å². The first kappa shape index (κ1) is 13.8. The molecular weight excluding hydrogens is 282 g/mol. The van der Waals surface area contributed by atoms with E-state index < -0.39 is 0 Å². The molecule has 1 aromatic heterocycles. The Morgan fingerprint density at radius 3 is 2.95 bits per heavy atom. The van der Waals surface area contributed by atoms with Gasteiger partial charge in [-0.2, -0.15) is 0 Å². The fourth-order valence-corrected chi connectivity index (χ4v) is 1.99. The van der Waals surface area contributed by atoms with E-state index in [1.54, 1.807) is 24.4 Å². The molecule has 0 atom stereocenters. The molecule has 0 saturated heterocycles. The quantitative estimate of drug-likeness (QED) is 0.830. The molecular formula is C13H14ClN3OS. The molecule has 0 aliphatic heterocycles. The Morgan fingerprint density at radius 1 is 1.53 bits per heavy atom. The van der Waals surface area contributed by atoms with E-state index in [0.717, 1.165) is 23.4 Å². The van der Waals surface area contributed by atoms with Crippen molar-refractivity contribution in [3.8, 4) is 0 Å². The number of aryl methyl sites for hydroxylation is 1. The van der Waals surface area contributed by atoms with E-state index in [1.165, 1.54) is 0 Å². The van der Waals surface area contributed by atoms with Gasteiger partial charge >= 0.3 is 0 Å². The number of nitrogens with one attached hydrogen (secondary N) is 1. The Morgan fingerprint density at radius 2 is 2.32 bits per heavy atom. The lowest BCUT2D eigenvalue weighted by Crippen LogP contribution is -2.13. The Labute approximate surface area is 122 Å². The number of anilines is 1. The van der Waals surface area contributed by atoms with Gasteiger partial charge < -0.3 is 15.5 Å². The number of thiocarbonyl (C=S) groups is 1. The van der Waals surface area contributed by atoms with Crippen LogP contribution in [0.25, 0.3) is 0 Å². The summed E-state index contributed by atoms with van der Waals surface area (Å²) in [4.78, 5) is 4.49. The Bertz CT molecular complexity index is 597. The van der Waals surface area contributed by atoms with Crippen LogP contribution in [0.1, 0.15) is 24.1 Å². The van der Waals surface area contributed by atoms with Gasteiger partial charge in [-0.15, -0.1) is 0 Å². The second-order valence-electron chi connectivity index (χ2n) is 3.98. The van der Waals surface area contributed by atoms with Crippen molar-refractivity contribution in [3.63, 3.8) is 0 Å². The van der Waals surface area contributed by atoms with E-state index in [2.05, 4.69) is 10.3 Å². The maximum absolute atomic E-state index is 5.97. The van der Waals surface area contributed by atoms with Crippen molar-refractivity contribution in [2.45, 2.75) is 19.9 Å². The summed E-state index contributed by atoms with van der Waals surface area (Å²) in [5.74, 6) is 1.48. The number of nitrogens with zero attached hydrogens (tertiary/aromatic N) is 1. The van der Waals surface area contributed by atoms with Crippen LogP contribution in [0, 0.1) is 0 Å². The van der Waals surface area contributed by atoms with E-state index in [-0.39, 0.29) is 0 Å². The second kappa shape index (κ2) is 6.04. The Kier molecular flexibility index (Phi) is 4.39. The molecule has 6 heteroatoms. The molecule has 100 valence electrons. The zero-order chi connectivity index (χ0) is 13.8. The molecule has 0 amide bonds. The van der Waals surface area contributed by atoms with Gasteiger partial charge in [0.25, 0.3) is 0 Å². The molecule has 2 aromatic rings. The van der Waals surface area contributed by atoms with Gasteiger partial charge in [-0.3, -0.25) is 0 Å². The molecule has 0 bridgehead atoms. The summed E-state index contributed by atoms with van der Waals surface area (Å²) in [7, 11) is 0. The maximum atomic E-state index is 5.97. The Balaban J connectivity index is 2.14. The molecule has 4 nitrogen and oxygen atoms in total. The molecule has 0 fully saturated rings. The van der Waals surface area contributed by atoms with Gasteiger partial charge in [0.1, 0.15) is 10.7 Å². The van der Waals surface area contributed by atoms with Crippen molar-refractivity contribution in [2.75, 3.05) is 5.32 Å². The summed E-state index contributed by atoms with van der Waals surface area (Å²) < 4.78 is 5.51. The normalized spacial score (nSPS) is 10.4. The SMILES string of the molecule is CCc1cnc(CNc2cc(Cl)ccc2C(N)=S)o1. The summed E-state index contributed by atoms with van der Waals surface area (Å²) in [5.41, 5.74) is 7.19. The van der Waals surface area contributed by atoms with Crippen LogP contribution in [-0.2, 0) is 13.0 Å². The number of halogens is 1. The molecule has 0 saturated carbocycles. The molecule has 0 aliphatic carbocycles. The zero-order valence-corrected chi connectivity index (χ0v) is 12.0. The molecule has 0 radical (unpaired) electrons. The minimum Gasteiger partial charge on any atom is -0.444 e. The Hall–Kier alpha value is -1.59. The van der Waals surface area contributed by atoms with Crippen LogP contribution in [0.5, 0.6) is 0 Å². The largest absolute Gasteiger partial charge is 0.444 e. The number of nitrogens with two attached hydrogens (primary N) is 1. The van der Waals surface area contributed by atoms with Crippen molar-refractivity contribution < 1.29 is 4.42 Å². The lowest BCUT2D eigenvalue weighted by molar-refractivity contribution is 0.466. The number of hydrogen-bond donors (Lipinski definition) is 2. The molecule has 0 spiro atoms. The smallest absolute Gasteiger partial charge is 0.213 e. The monoisotopic (exact) mass is 295 g/mol. The molecule has 2 rings (SSSR count). The number of aromatic nitrogens is 1. The first-order valence-corrected chi connectivity index (χ1v) is 6.65. The van der Waals surface area contributed by atoms with E-state index in [1.807, 2.05) is 6.92 Å². The van der Waals surface area contributed by atoms with Crippen molar-refractivity contribution >= 4 is 34.5 Å². The predicted molar refractivity (Wildman–Crippen MR) is 80.5 cm³/mol. The predicted octanol–water partition coefficient (Wildman–Crippen LogP) is 3.14. The van der Waals surface area contributed by atoms with Crippen LogP contribution in [0.3, 0.4) is 0 Å². The third-order valence-electron chi connectivity index (χ3n) is 2.63. The fraction of sp³-hybridized carbons (Fsp3) is 0.231. The zero-order valence-electron chi connectivity index (χ0n) is 10.4. The molecule has 3 N–H and O–H groups in total. The minimum absolute atomic E-state index is 0.320. The van der Waals surface area contributed by atoms with Crippen molar-refractivity contribution in [2.24, 2.45) is 5.73 Å². The van der Waals surface area contributed by atoms with Crippen molar-refractivity contribution in [3.05, 3.63) is 46.6 Å². The average molecular weight is 296 g/mol. The first-order valence-electron chi connectivity index (χ1n) is 5.87. The molecule has 0 aliphatic rings. The summed E-state index contributed by atoms with van der Waals surface area (Å²) in [6, 6.07) is 5.32. The summed E-state index contributed by atoms with van der Waals surface area (Å²) in [6.45, 7) is 2.47. The van der Waals surface area contributed by atoms with Gasteiger partial charge in [0.05, 0.1) is 12.7 Å². The van der Waals surface area contributed by atoms with Crippen LogP contribution in [0.4, 0.5) is 5.69 Å². The lowest BCUT2D eigenvalue weighted by atomic mass is 10.2. The van der Waals surface area contributed by atoms with E-state index in [4.69, 9.17) is 34.0 Å². The highest BCUT2D eigenvalue weighted by molar-refractivity contribution is 7.80. The van der Waals surface area contributed by atoms with Crippen LogP contribution in [-0.4, -0.2) is 9.97 Å². The number of hydrogen-bond acceptors (Lipinski definition) is 4. The van der Waals surface area contributed by atoms with Gasteiger partial charge in [-0.1, -0.05) is 30.7 Å². The van der Waals surface area contributed by atoms with Crippen molar-refractivity contribution in [1.82, 2.24) is 4.98 Å².